The summed E-state index contributed by atoms with van der Waals surface area (Å²) in [7, 11) is 0. The topological polar surface area (TPSA) is 60.1 Å². The molecule has 1 heterocycles. The Morgan fingerprint density at radius 2 is 1.82 bits per heavy atom. The van der Waals surface area contributed by atoms with Gasteiger partial charge in [0.25, 0.3) is 0 Å². The minimum Gasteiger partial charge on any atom is -0.616 e. The van der Waals surface area contributed by atoms with E-state index in [1.807, 2.05) is 0 Å². The van der Waals surface area contributed by atoms with Crippen LogP contribution in [0.4, 0.5) is 0 Å². The highest BCUT2D eigenvalue weighted by atomic mass is 16.5. The molecule has 4 nitrogen and oxygen atoms in total. The zero-order chi connectivity index (χ0) is 8.59. The predicted molar refractivity (Wildman–Crippen MR) is 39.1 cm³/mol. The van der Waals surface area contributed by atoms with Crippen molar-refractivity contribution in [3.8, 4) is 5.88 Å². The molecule has 0 aliphatic heterocycles. The summed E-state index contributed by atoms with van der Waals surface area (Å²) in [4.78, 5) is 3.96. The van der Waals surface area contributed by atoms with Gasteiger partial charge in [-0.2, -0.15) is 0 Å². The van der Waals surface area contributed by atoms with Gasteiger partial charge >= 0.3 is 5.88 Å². The maximum atomic E-state index is 11.0. The fourth-order valence-electron chi connectivity index (χ4n) is 0.835. The highest BCUT2D eigenvalue weighted by Crippen LogP contribution is 2.09. The largest absolute Gasteiger partial charge is 0.616 e. The van der Waals surface area contributed by atoms with Gasteiger partial charge in [-0.15, -0.1) is 4.73 Å². The van der Waals surface area contributed by atoms with Crippen LogP contribution in [0.1, 0.15) is 17.1 Å². The van der Waals surface area contributed by atoms with Crippen molar-refractivity contribution in [2.75, 3.05) is 0 Å². The zero-order valence-corrected chi connectivity index (χ0v) is 6.75. The maximum Gasteiger partial charge on any atom is 0.399 e. The first-order valence-corrected chi connectivity index (χ1v) is 3.30. The summed E-state index contributed by atoms with van der Waals surface area (Å²) in [5, 5.41) is 20.1. The van der Waals surface area contributed by atoms with Crippen molar-refractivity contribution in [1.82, 2.24) is 4.98 Å². The van der Waals surface area contributed by atoms with E-state index >= 15 is 0 Å². The van der Waals surface area contributed by atoms with Gasteiger partial charge in [-0.05, 0) is 13.8 Å². The molecule has 1 N–H and O–H groups in total. The highest BCUT2D eigenvalue weighted by molar-refractivity contribution is 5.14. The Kier molecular flexibility index (Phi) is 1.68. The van der Waals surface area contributed by atoms with Crippen molar-refractivity contribution in [3.05, 3.63) is 22.3 Å². The third-order valence-corrected chi connectivity index (χ3v) is 1.68. The van der Waals surface area contributed by atoms with Crippen LogP contribution in [0.2, 0.25) is 0 Å². The quantitative estimate of drug-likeness (QED) is 0.433. The SMILES string of the molecule is Cc1nc(C)c(O)[n+]([O-])c1C. The van der Waals surface area contributed by atoms with Crippen LogP contribution in [0.5, 0.6) is 5.88 Å². The number of aryl methyl sites for hydroxylation is 2. The molecule has 1 aromatic heterocycles. The van der Waals surface area contributed by atoms with Gasteiger partial charge in [-0.3, -0.25) is 0 Å². The molecule has 1 aromatic rings. The number of nitrogens with zero attached hydrogens (tertiary/aromatic N) is 2. The van der Waals surface area contributed by atoms with E-state index < -0.39 is 0 Å². The maximum absolute atomic E-state index is 11.0. The standard InChI is InChI=1S/C7H10N2O2/c1-4-6(3)9(11)7(10)5(2)8-4/h10H,1-3H3. The lowest BCUT2D eigenvalue weighted by Gasteiger charge is -2.05. The Balaban J connectivity index is 3.46. The summed E-state index contributed by atoms with van der Waals surface area (Å²) in [6, 6.07) is 0. The van der Waals surface area contributed by atoms with E-state index in [2.05, 4.69) is 4.98 Å². The Labute approximate surface area is 64.7 Å². The van der Waals surface area contributed by atoms with Crippen molar-refractivity contribution in [1.29, 1.82) is 0 Å². The number of aromatic hydroxyl groups is 1. The lowest BCUT2D eigenvalue weighted by molar-refractivity contribution is -0.621. The lowest BCUT2D eigenvalue weighted by Crippen LogP contribution is -2.32. The predicted octanol–water partition coefficient (Wildman–Crippen LogP) is 0.346. The Hall–Kier alpha value is -1.32. The molecule has 0 unspecified atom stereocenters. The molecule has 60 valence electrons. The smallest absolute Gasteiger partial charge is 0.399 e. The fourth-order valence-corrected chi connectivity index (χ4v) is 0.835. The average molecular weight is 154 g/mol. The van der Waals surface area contributed by atoms with Crippen LogP contribution < -0.4 is 4.73 Å². The molecule has 0 bridgehead atoms. The monoisotopic (exact) mass is 154 g/mol. The second-order valence-corrected chi connectivity index (χ2v) is 2.49. The molecule has 0 aliphatic rings. The van der Waals surface area contributed by atoms with Crippen LogP contribution in [-0.2, 0) is 0 Å². The number of rotatable bonds is 0. The molecular formula is C7H10N2O2. The summed E-state index contributed by atoms with van der Waals surface area (Å²) in [5.74, 6) is -0.312. The van der Waals surface area contributed by atoms with Crippen molar-refractivity contribution < 1.29 is 9.84 Å². The first kappa shape index (κ1) is 7.78. The molecule has 0 aliphatic carbocycles. The van der Waals surface area contributed by atoms with Crippen molar-refractivity contribution in [2.45, 2.75) is 20.8 Å². The average Bonchev–Trinajstić information content (AvgIpc) is 1.97. The van der Waals surface area contributed by atoms with Crippen LogP contribution in [0.25, 0.3) is 0 Å². The minimum absolute atomic E-state index is 0.312. The van der Waals surface area contributed by atoms with Crippen LogP contribution in [0.15, 0.2) is 0 Å². The van der Waals surface area contributed by atoms with E-state index in [1.165, 1.54) is 0 Å². The van der Waals surface area contributed by atoms with Gasteiger partial charge in [-0.25, -0.2) is 4.98 Å². The summed E-state index contributed by atoms with van der Waals surface area (Å²) in [5.41, 5.74) is 1.45. The van der Waals surface area contributed by atoms with E-state index in [-0.39, 0.29) is 5.88 Å². The molecule has 0 atom stereocenters. The Morgan fingerprint density at radius 3 is 2.36 bits per heavy atom. The first-order valence-electron chi connectivity index (χ1n) is 3.30. The van der Waals surface area contributed by atoms with Crippen LogP contribution >= 0.6 is 0 Å². The molecule has 4 heteroatoms. The van der Waals surface area contributed by atoms with Crippen molar-refractivity contribution in [2.24, 2.45) is 0 Å². The fraction of sp³-hybridized carbons (Fsp3) is 0.429. The van der Waals surface area contributed by atoms with Crippen LogP contribution in [-0.4, -0.2) is 10.1 Å². The lowest BCUT2D eigenvalue weighted by atomic mass is 10.3. The zero-order valence-electron chi connectivity index (χ0n) is 6.75. The van der Waals surface area contributed by atoms with Gasteiger partial charge < -0.3 is 10.3 Å². The molecule has 0 saturated carbocycles. The summed E-state index contributed by atoms with van der Waals surface area (Å²) >= 11 is 0. The minimum atomic E-state index is -0.312. The third-order valence-electron chi connectivity index (χ3n) is 1.68. The normalized spacial score (nSPS) is 10.1. The molecule has 1 rings (SSSR count). The van der Waals surface area contributed by atoms with Gasteiger partial charge in [0.2, 0.25) is 5.69 Å². The summed E-state index contributed by atoms with van der Waals surface area (Å²) in [6.45, 7) is 4.95. The van der Waals surface area contributed by atoms with E-state index in [0.29, 0.717) is 21.8 Å². The molecule has 0 aromatic carbocycles. The molecule has 0 spiro atoms. The molecule has 0 saturated heterocycles. The van der Waals surface area contributed by atoms with Gasteiger partial charge in [0.1, 0.15) is 5.69 Å². The van der Waals surface area contributed by atoms with E-state index in [0.717, 1.165) is 0 Å². The van der Waals surface area contributed by atoms with Gasteiger partial charge in [0.05, 0.1) is 0 Å². The van der Waals surface area contributed by atoms with Crippen LogP contribution in [0.3, 0.4) is 0 Å². The molecular weight excluding hydrogens is 144 g/mol. The van der Waals surface area contributed by atoms with Gasteiger partial charge in [0, 0.05) is 6.92 Å². The van der Waals surface area contributed by atoms with Crippen molar-refractivity contribution >= 4 is 0 Å². The molecule has 0 amide bonds. The third kappa shape index (κ3) is 1.11. The van der Waals surface area contributed by atoms with E-state index in [1.54, 1.807) is 20.8 Å². The number of hydrogen-bond acceptors (Lipinski definition) is 3. The van der Waals surface area contributed by atoms with Crippen molar-refractivity contribution in [3.63, 3.8) is 0 Å². The van der Waals surface area contributed by atoms with E-state index in [4.69, 9.17) is 5.11 Å². The molecule has 0 radical (unpaired) electrons. The summed E-state index contributed by atoms with van der Waals surface area (Å²) < 4.78 is 0.484. The second kappa shape index (κ2) is 2.38. The van der Waals surface area contributed by atoms with Gasteiger partial charge in [-0.1, -0.05) is 0 Å². The second-order valence-electron chi connectivity index (χ2n) is 2.49. The molecule has 0 fully saturated rings. The van der Waals surface area contributed by atoms with Gasteiger partial charge in [0.15, 0.2) is 5.69 Å². The Bertz CT molecular complexity index is 271. The highest BCUT2D eigenvalue weighted by Gasteiger charge is 2.14. The van der Waals surface area contributed by atoms with Crippen LogP contribution in [0, 0.1) is 26.0 Å². The van der Waals surface area contributed by atoms with E-state index in [9.17, 15) is 5.21 Å². The number of aromatic nitrogens is 2. The number of hydrogen-bond donors (Lipinski definition) is 1. The summed E-state index contributed by atoms with van der Waals surface area (Å²) in [6.07, 6.45) is 0. The first-order chi connectivity index (χ1) is 5.04. The molecule has 11 heavy (non-hydrogen) atoms. The Morgan fingerprint density at radius 1 is 1.27 bits per heavy atom.